The number of amides is 1. The predicted octanol–water partition coefficient (Wildman–Crippen LogP) is 2.48. The summed E-state index contributed by atoms with van der Waals surface area (Å²) in [6.45, 7) is 7.41. The molecular weight excluding hydrogens is 506 g/mol. The topological polar surface area (TPSA) is 153 Å². The van der Waals surface area contributed by atoms with Crippen LogP contribution in [-0.4, -0.2) is 69.2 Å². The highest BCUT2D eigenvalue weighted by Gasteiger charge is 2.44. The summed E-state index contributed by atoms with van der Waals surface area (Å²) in [5, 5.41) is 6.58. The van der Waals surface area contributed by atoms with Gasteiger partial charge in [0.25, 0.3) is 5.91 Å². The first kappa shape index (κ1) is 29.5. The van der Waals surface area contributed by atoms with E-state index in [-0.39, 0.29) is 17.3 Å². The largest absolute Gasteiger partial charge is 0.494 e. The van der Waals surface area contributed by atoms with Crippen molar-refractivity contribution in [1.29, 1.82) is 0 Å². The first-order chi connectivity index (χ1) is 19.4. The maximum Gasteiger partial charge on any atom is 0.255 e. The standard InChI is InChI=1S/C30H45N7O3/c31-24-7-10-26(28(38)36-21-30(11-12-30)22-37-15-1-2-16-37)27(19-24)40-18-4-14-34-13-3-17-39-25-8-5-23(6-9-25)20-35-29(32)33/h5-10,19,34H,1-4,11-18,20-22,31H2,(H,36,38)(H4,32,33,35). The molecule has 0 aromatic heterocycles. The van der Waals surface area contributed by atoms with Gasteiger partial charge in [0.2, 0.25) is 0 Å². The lowest BCUT2D eigenvalue weighted by atomic mass is 10.1. The van der Waals surface area contributed by atoms with Crippen molar-refractivity contribution in [2.45, 2.75) is 45.1 Å². The summed E-state index contributed by atoms with van der Waals surface area (Å²) in [7, 11) is 0. The number of nitrogens with zero attached hydrogens (tertiary/aromatic N) is 2. The fraction of sp³-hybridized carbons (Fsp3) is 0.533. The van der Waals surface area contributed by atoms with Crippen LogP contribution < -0.4 is 37.3 Å². The highest BCUT2D eigenvalue weighted by molar-refractivity contribution is 5.97. The Morgan fingerprint density at radius 3 is 2.35 bits per heavy atom. The molecule has 10 nitrogen and oxygen atoms in total. The van der Waals surface area contributed by atoms with E-state index in [1.54, 1.807) is 18.2 Å². The van der Waals surface area contributed by atoms with Crippen LogP contribution in [0.25, 0.3) is 0 Å². The molecule has 218 valence electrons. The zero-order valence-electron chi connectivity index (χ0n) is 23.5. The lowest BCUT2D eigenvalue weighted by molar-refractivity contribution is 0.0936. The van der Waals surface area contributed by atoms with E-state index >= 15 is 0 Å². The van der Waals surface area contributed by atoms with Crippen LogP contribution in [0.2, 0.25) is 0 Å². The molecule has 40 heavy (non-hydrogen) atoms. The number of benzene rings is 2. The number of guanidine groups is 1. The van der Waals surface area contributed by atoms with Gasteiger partial charge in [-0.25, -0.2) is 4.99 Å². The molecule has 0 bridgehead atoms. The number of hydrogen-bond acceptors (Lipinski definition) is 7. The Morgan fingerprint density at radius 2 is 1.68 bits per heavy atom. The Labute approximate surface area is 237 Å². The van der Waals surface area contributed by atoms with Crippen molar-refractivity contribution in [3.05, 3.63) is 53.6 Å². The number of aliphatic imine (C=N–C) groups is 1. The van der Waals surface area contributed by atoms with E-state index in [2.05, 4.69) is 20.5 Å². The van der Waals surface area contributed by atoms with Crippen molar-refractivity contribution in [3.63, 3.8) is 0 Å². The Balaban J connectivity index is 1.09. The van der Waals surface area contributed by atoms with Gasteiger partial charge < -0.3 is 42.2 Å². The molecule has 0 atom stereocenters. The van der Waals surface area contributed by atoms with Crippen LogP contribution in [0.4, 0.5) is 5.69 Å². The van der Waals surface area contributed by atoms with E-state index in [4.69, 9.17) is 26.7 Å². The third kappa shape index (κ3) is 9.60. The van der Waals surface area contributed by atoms with Crippen LogP contribution in [0.1, 0.15) is 54.4 Å². The zero-order chi connectivity index (χ0) is 28.2. The van der Waals surface area contributed by atoms with Gasteiger partial charge in [-0.1, -0.05) is 12.1 Å². The summed E-state index contributed by atoms with van der Waals surface area (Å²) in [6, 6.07) is 13.0. The summed E-state index contributed by atoms with van der Waals surface area (Å²) in [5.74, 6) is 1.35. The second-order valence-electron chi connectivity index (χ2n) is 11.0. The van der Waals surface area contributed by atoms with Crippen molar-refractivity contribution in [2.75, 3.05) is 58.2 Å². The minimum absolute atomic E-state index is 0.0847. The number of rotatable bonds is 17. The van der Waals surface area contributed by atoms with Crippen molar-refractivity contribution in [1.82, 2.24) is 15.5 Å². The second kappa shape index (κ2) is 14.8. The molecule has 0 unspecified atom stereocenters. The second-order valence-corrected chi connectivity index (χ2v) is 11.0. The number of likely N-dealkylation sites (tertiary alicyclic amines) is 1. The Bertz CT molecular complexity index is 1110. The number of nitrogen functional groups attached to an aromatic ring is 1. The van der Waals surface area contributed by atoms with Crippen molar-refractivity contribution in [3.8, 4) is 11.5 Å². The number of nitrogens with one attached hydrogen (secondary N) is 2. The van der Waals surface area contributed by atoms with E-state index < -0.39 is 0 Å². The molecule has 0 radical (unpaired) electrons. The molecule has 8 N–H and O–H groups in total. The van der Waals surface area contributed by atoms with E-state index in [1.807, 2.05) is 24.3 Å². The summed E-state index contributed by atoms with van der Waals surface area (Å²) in [4.78, 5) is 19.5. The quantitative estimate of drug-likeness (QED) is 0.0870. The van der Waals surface area contributed by atoms with Crippen molar-refractivity contribution >= 4 is 17.6 Å². The lowest BCUT2D eigenvalue weighted by Crippen LogP contribution is -2.37. The number of anilines is 1. The van der Waals surface area contributed by atoms with Gasteiger partial charge in [0.05, 0.1) is 25.3 Å². The van der Waals surface area contributed by atoms with Crippen LogP contribution >= 0.6 is 0 Å². The number of carbonyl (C=O) groups is 1. The van der Waals surface area contributed by atoms with Gasteiger partial charge in [0, 0.05) is 30.3 Å². The molecule has 1 saturated heterocycles. The normalized spacial score (nSPS) is 15.9. The van der Waals surface area contributed by atoms with E-state index in [0.717, 1.165) is 43.8 Å². The minimum Gasteiger partial charge on any atom is -0.494 e. The molecule has 1 aliphatic carbocycles. The molecule has 1 aliphatic heterocycles. The zero-order valence-corrected chi connectivity index (χ0v) is 23.5. The van der Waals surface area contributed by atoms with E-state index in [1.165, 1.54) is 38.8 Å². The van der Waals surface area contributed by atoms with Crippen LogP contribution in [-0.2, 0) is 6.54 Å². The number of hydrogen-bond donors (Lipinski definition) is 5. The van der Waals surface area contributed by atoms with Crippen molar-refractivity contribution < 1.29 is 14.3 Å². The summed E-state index contributed by atoms with van der Waals surface area (Å²) >= 11 is 0. The lowest BCUT2D eigenvalue weighted by Gasteiger charge is -2.23. The van der Waals surface area contributed by atoms with Crippen LogP contribution in [0.5, 0.6) is 11.5 Å². The Morgan fingerprint density at radius 1 is 0.975 bits per heavy atom. The van der Waals surface area contributed by atoms with Gasteiger partial charge in [-0.2, -0.15) is 0 Å². The first-order valence-electron chi connectivity index (χ1n) is 14.4. The number of ether oxygens (including phenoxy) is 2. The predicted molar refractivity (Wildman–Crippen MR) is 160 cm³/mol. The fourth-order valence-corrected chi connectivity index (χ4v) is 4.96. The number of carbonyl (C=O) groups excluding carboxylic acids is 1. The van der Waals surface area contributed by atoms with E-state index in [9.17, 15) is 4.79 Å². The Kier molecular flexibility index (Phi) is 10.9. The van der Waals surface area contributed by atoms with Crippen LogP contribution in [0.3, 0.4) is 0 Å². The highest BCUT2D eigenvalue weighted by Crippen LogP contribution is 2.46. The first-order valence-corrected chi connectivity index (χ1v) is 14.4. The molecule has 2 aliphatic rings. The number of nitrogens with two attached hydrogens (primary N) is 3. The van der Waals surface area contributed by atoms with Crippen molar-refractivity contribution in [2.24, 2.45) is 21.9 Å². The molecule has 1 amide bonds. The summed E-state index contributed by atoms with van der Waals surface area (Å²) in [5.41, 5.74) is 19.1. The van der Waals surface area contributed by atoms with Gasteiger partial charge >= 0.3 is 0 Å². The minimum atomic E-state index is -0.0933. The molecular formula is C30H45N7O3. The maximum atomic E-state index is 13.0. The molecule has 2 fully saturated rings. The molecule has 4 rings (SSSR count). The molecule has 2 aromatic carbocycles. The maximum absolute atomic E-state index is 13.0. The third-order valence-electron chi connectivity index (χ3n) is 7.48. The smallest absolute Gasteiger partial charge is 0.255 e. The molecule has 2 aromatic rings. The molecule has 1 heterocycles. The van der Waals surface area contributed by atoms with Gasteiger partial charge in [0.1, 0.15) is 11.5 Å². The van der Waals surface area contributed by atoms with Gasteiger partial charge in [0.15, 0.2) is 5.96 Å². The van der Waals surface area contributed by atoms with Crippen LogP contribution in [0, 0.1) is 5.41 Å². The monoisotopic (exact) mass is 551 g/mol. The summed E-state index contributed by atoms with van der Waals surface area (Å²) < 4.78 is 11.8. The van der Waals surface area contributed by atoms with Crippen LogP contribution in [0.15, 0.2) is 47.5 Å². The van der Waals surface area contributed by atoms with Gasteiger partial charge in [-0.05, 0) is 94.5 Å². The average Bonchev–Trinajstić information content (AvgIpc) is 3.52. The Hall–Kier alpha value is -3.50. The van der Waals surface area contributed by atoms with Gasteiger partial charge in [-0.3, -0.25) is 4.79 Å². The summed E-state index contributed by atoms with van der Waals surface area (Å²) in [6.07, 6.45) is 6.64. The van der Waals surface area contributed by atoms with Gasteiger partial charge in [-0.15, -0.1) is 0 Å². The molecule has 0 spiro atoms. The third-order valence-corrected chi connectivity index (χ3v) is 7.48. The fourth-order valence-electron chi connectivity index (χ4n) is 4.96. The highest BCUT2D eigenvalue weighted by atomic mass is 16.5. The van der Waals surface area contributed by atoms with E-state index in [0.29, 0.717) is 43.3 Å². The average molecular weight is 552 g/mol. The molecule has 10 heteroatoms. The molecule has 1 saturated carbocycles. The SMILES string of the molecule is NC(N)=NCc1ccc(OCCCNCCCOc2cc(N)ccc2C(=O)NCC2(CN3CCCC3)CC2)cc1.